The smallest absolute Gasteiger partial charge is 0.122 e. The molecule has 1 N–H and O–H groups in total. The van der Waals surface area contributed by atoms with Gasteiger partial charge in [0, 0.05) is 23.9 Å². The van der Waals surface area contributed by atoms with E-state index in [2.05, 4.69) is 26.1 Å². The van der Waals surface area contributed by atoms with Gasteiger partial charge in [0.05, 0.1) is 5.69 Å². The molecule has 0 spiro atoms. The van der Waals surface area contributed by atoms with Gasteiger partial charge in [-0.1, -0.05) is 20.3 Å². The molecule has 0 aliphatic heterocycles. The number of nitrogens with zero attached hydrogens (tertiary/aromatic N) is 1. The predicted molar refractivity (Wildman–Crippen MR) is 85.6 cm³/mol. The fourth-order valence-corrected chi connectivity index (χ4v) is 4.20. The van der Waals surface area contributed by atoms with Crippen molar-refractivity contribution in [2.24, 2.45) is 0 Å². The Balaban J connectivity index is 2.14. The zero-order chi connectivity index (χ0) is 14.4. The van der Waals surface area contributed by atoms with Gasteiger partial charge in [0.25, 0.3) is 0 Å². The van der Waals surface area contributed by atoms with Crippen molar-refractivity contribution in [2.75, 3.05) is 19.7 Å². The van der Waals surface area contributed by atoms with Gasteiger partial charge < -0.3 is 10.1 Å². The van der Waals surface area contributed by atoms with Gasteiger partial charge in [-0.05, 0) is 39.2 Å². The molecule has 0 aromatic carbocycles. The van der Waals surface area contributed by atoms with Crippen molar-refractivity contribution in [2.45, 2.75) is 64.9 Å². The topological polar surface area (TPSA) is 34.1 Å². The van der Waals surface area contributed by atoms with E-state index in [9.17, 15) is 0 Å². The van der Waals surface area contributed by atoms with Gasteiger partial charge in [-0.3, -0.25) is 0 Å². The molecule has 1 aliphatic rings. The second kappa shape index (κ2) is 8.11. The molecule has 0 amide bonds. The zero-order valence-corrected chi connectivity index (χ0v) is 13.9. The van der Waals surface area contributed by atoms with Crippen molar-refractivity contribution in [1.82, 2.24) is 10.3 Å². The molecular formula is C16H28N2OS. The Morgan fingerprint density at radius 3 is 2.95 bits per heavy atom. The molecule has 20 heavy (non-hydrogen) atoms. The number of likely N-dealkylation sites (N-methyl/N-ethyl adjacent to an activating group) is 1. The van der Waals surface area contributed by atoms with Gasteiger partial charge in [0.15, 0.2) is 0 Å². The highest BCUT2D eigenvalue weighted by Crippen LogP contribution is 2.37. The van der Waals surface area contributed by atoms with Crippen LogP contribution in [0, 0.1) is 0 Å². The molecular weight excluding hydrogens is 268 g/mol. The van der Waals surface area contributed by atoms with E-state index in [1.165, 1.54) is 34.8 Å². The van der Waals surface area contributed by atoms with E-state index in [-0.39, 0.29) is 6.10 Å². The van der Waals surface area contributed by atoms with Gasteiger partial charge in [-0.2, -0.15) is 0 Å². The van der Waals surface area contributed by atoms with Crippen LogP contribution in [0.3, 0.4) is 0 Å². The molecule has 0 saturated carbocycles. The first-order valence-electron chi connectivity index (χ1n) is 8.11. The predicted octanol–water partition coefficient (Wildman–Crippen LogP) is 4.05. The fraction of sp³-hybridized carbons (Fsp3) is 0.812. The molecule has 2 unspecified atom stereocenters. The summed E-state index contributed by atoms with van der Waals surface area (Å²) in [6.45, 7) is 9.34. The van der Waals surface area contributed by atoms with Crippen LogP contribution in [0.1, 0.15) is 74.1 Å². The third kappa shape index (κ3) is 3.80. The molecule has 1 aliphatic carbocycles. The molecule has 1 aromatic rings. The number of hydrogen-bond acceptors (Lipinski definition) is 4. The summed E-state index contributed by atoms with van der Waals surface area (Å²) >= 11 is 1.90. The highest BCUT2D eigenvalue weighted by Gasteiger charge is 2.26. The van der Waals surface area contributed by atoms with Crippen molar-refractivity contribution in [3.8, 4) is 0 Å². The van der Waals surface area contributed by atoms with Gasteiger partial charge in [0.1, 0.15) is 11.1 Å². The first kappa shape index (κ1) is 15.9. The molecule has 4 heteroatoms. The molecule has 0 fully saturated rings. The lowest BCUT2D eigenvalue weighted by Crippen LogP contribution is -2.24. The van der Waals surface area contributed by atoms with Crippen molar-refractivity contribution in [1.29, 1.82) is 0 Å². The Hall–Kier alpha value is -0.450. The van der Waals surface area contributed by atoms with E-state index in [0.29, 0.717) is 5.92 Å². The van der Waals surface area contributed by atoms with Crippen molar-refractivity contribution >= 4 is 11.3 Å². The number of aryl methyl sites for hydroxylation is 1. The van der Waals surface area contributed by atoms with E-state index in [4.69, 9.17) is 9.72 Å². The summed E-state index contributed by atoms with van der Waals surface area (Å²) in [5.41, 5.74) is 1.36. The molecule has 0 radical (unpaired) electrons. The number of nitrogens with one attached hydrogen (secondary N) is 1. The van der Waals surface area contributed by atoms with E-state index in [0.717, 1.165) is 32.5 Å². The lowest BCUT2D eigenvalue weighted by molar-refractivity contribution is 0.0554. The first-order valence-corrected chi connectivity index (χ1v) is 8.93. The van der Waals surface area contributed by atoms with E-state index < -0.39 is 0 Å². The summed E-state index contributed by atoms with van der Waals surface area (Å²) in [6.07, 6.45) is 6.23. The van der Waals surface area contributed by atoms with E-state index >= 15 is 0 Å². The highest BCUT2D eigenvalue weighted by molar-refractivity contribution is 7.11. The van der Waals surface area contributed by atoms with Gasteiger partial charge in [0.2, 0.25) is 0 Å². The Labute approximate surface area is 127 Å². The summed E-state index contributed by atoms with van der Waals surface area (Å²) < 4.78 is 5.89. The lowest BCUT2D eigenvalue weighted by atomic mass is 9.91. The normalized spacial score (nSPS) is 19.9. The Morgan fingerprint density at radius 2 is 2.25 bits per heavy atom. The maximum atomic E-state index is 5.89. The van der Waals surface area contributed by atoms with Gasteiger partial charge >= 0.3 is 0 Å². The number of aromatic nitrogens is 1. The number of thiazole rings is 1. The number of rotatable bonds is 8. The number of fused-ring (bicyclic) bond motifs is 1. The molecule has 3 nitrogen and oxygen atoms in total. The summed E-state index contributed by atoms with van der Waals surface area (Å²) in [5, 5.41) is 4.69. The number of ether oxygens (including phenoxy) is 1. The SMILES string of the molecule is CCCC(OCC)c1nc2c(s1)CCCC2CNCC. The second-order valence-electron chi connectivity index (χ2n) is 5.49. The Morgan fingerprint density at radius 1 is 1.40 bits per heavy atom. The number of hydrogen-bond donors (Lipinski definition) is 1. The van der Waals surface area contributed by atoms with Crippen LogP contribution >= 0.6 is 11.3 Å². The molecule has 1 aromatic heterocycles. The standard InChI is InChI=1S/C16H28N2OS/c1-4-8-13(19-6-3)16-18-15-12(11-17-5-2)9-7-10-14(15)20-16/h12-13,17H,4-11H2,1-3H3. The van der Waals surface area contributed by atoms with Crippen LogP contribution in [0.15, 0.2) is 0 Å². The van der Waals surface area contributed by atoms with Crippen LogP contribution in [0.2, 0.25) is 0 Å². The first-order chi connectivity index (χ1) is 9.80. The summed E-state index contributed by atoms with van der Waals surface area (Å²) in [4.78, 5) is 6.49. The molecule has 0 saturated heterocycles. The summed E-state index contributed by atoms with van der Waals surface area (Å²) in [5.74, 6) is 0.604. The fourth-order valence-electron chi connectivity index (χ4n) is 2.92. The average Bonchev–Trinajstić information content (AvgIpc) is 2.89. The molecule has 2 atom stereocenters. The van der Waals surface area contributed by atoms with E-state index in [1.54, 1.807) is 0 Å². The van der Waals surface area contributed by atoms with Crippen LogP contribution in [-0.2, 0) is 11.2 Å². The maximum absolute atomic E-state index is 5.89. The minimum absolute atomic E-state index is 0.209. The minimum atomic E-state index is 0.209. The van der Waals surface area contributed by atoms with Crippen molar-refractivity contribution in [3.05, 3.63) is 15.6 Å². The zero-order valence-electron chi connectivity index (χ0n) is 13.1. The molecule has 114 valence electrons. The molecule has 2 rings (SSSR count). The third-order valence-electron chi connectivity index (χ3n) is 3.92. The summed E-state index contributed by atoms with van der Waals surface area (Å²) in [7, 11) is 0. The lowest BCUT2D eigenvalue weighted by Gasteiger charge is -2.21. The Bertz CT molecular complexity index is 399. The van der Waals surface area contributed by atoms with E-state index in [1.807, 2.05) is 11.3 Å². The van der Waals surface area contributed by atoms with Gasteiger partial charge in [-0.15, -0.1) is 11.3 Å². The highest BCUT2D eigenvalue weighted by atomic mass is 32.1. The third-order valence-corrected chi connectivity index (χ3v) is 5.15. The largest absolute Gasteiger partial charge is 0.371 e. The quantitative estimate of drug-likeness (QED) is 0.786. The van der Waals surface area contributed by atoms with Crippen LogP contribution in [-0.4, -0.2) is 24.7 Å². The maximum Gasteiger partial charge on any atom is 0.122 e. The molecule has 0 bridgehead atoms. The summed E-state index contributed by atoms with van der Waals surface area (Å²) in [6, 6.07) is 0. The minimum Gasteiger partial charge on any atom is -0.371 e. The Kier molecular flexibility index (Phi) is 6.46. The van der Waals surface area contributed by atoms with Crippen LogP contribution in [0.25, 0.3) is 0 Å². The van der Waals surface area contributed by atoms with Gasteiger partial charge in [-0.25, -0.2) is 4.98 Å². The van der Waals surface area contributed by atoms with Crippen molar-refractivity contribution < 1.29 is 4.74 Å². The molecule has 1 heterocycles. The van der Waals surface area contributed by atoms with Crippen molar-refractivity contribution in [3.63, 3.8) is 0 Å². The van der Waals surface area contributed by atoms with Crippen LogP contribution in [0.5, 0.6) is 0 Å². The average molecular weight is 296 g/mol. The second-order valence-corrected chi connectivity index (χ2v) is 6.61. The van der Waals surface area contributed by atoms with Crippen LogP contribution < -0.4 is 5.32 Å². The monoisotopic (exact) mass is 296 g/mol. The van der Waals surface area contributed by atoms with Crippen LogP contribution in [0.4, 0.5) is 0 Å².